The van der Waals surface area contributed by atoms with Crippen molar-refractivity contribution in [3.05, 3.63) is 81.8 Å². The molecule has 0 spiro atoms. The van der Waals surface area contributed by atoms with E-state index in [0.29, 0.717) is 53.4 Å². The summed E-state index contributed by atoms with van der Waals surface area (Å²) in [6, 6.07) is 15.4. The lowest BCUT2D eigenvalue weighted by Gasteiger charge is -2.21. The molecule has 1 aliphatic carbocycles. The number of para-hydroxylation sites is 1. The number of carbonyl (C=O) groups excluding carboxylic acids is 2. The molecule has 0 saturated carbocycles. The van der Waals surface area contributed by atoms with Crippen molar-refractivity contribution in [2.75, 3.05) is 19.5 Å². The van der Waals surface area contributed by atoms with Crippen LogP contribution in [0.15, 0.2) is 59.4 Å². The van der Waals surface area contributed by atoms with E-state index in [-0.39, 0.29) is 11.3 Å². The number of hydrogen-bond donors (Lipinski definition) is 1. The molecule has 0 unspecified atom stereocenters. The standard InChI is InChI=1S/C24H22N2O5/c1-30-16-11-12-22(31-2)19(13-16)25-23(28)18-14-17-20(9-6-10-21(17)27)26(24(18)29)15-7-4-3-5-8-15/h3-5,7-8,11-14H,6,9-10H2,1-2H3,(H,25,28). The van der Waals surface area contributed by atoms with Gasteiger partial charge >= 0.3 is 0 Å². The van der Waals surface area contributed by atoms with Gasteiger partial charge in [0.15, 0.2) is 5.78 Å². The van der Waals surface area contributed by atoms with Crippen molar-refractivity contribution in [1.29, 1.82) is 0 Å². The average Bonchev–Trinajstić information content (AvgIpc) is 2.79. The number of ether oxygens (including phenoxy) is 2. The van der Waals surface area contributed by atoms with Crippen molar-refractivity contribution in [3.8, 4) is 17.2 Å². The Labute approximate surface area is 179 Å². The summed E-state index contributed by atoms with van der Waals surface area (Å²) in [4.78, 5) is 39.2. The highest BCUT2D eigenvalue weighted by atomic mass is 16.5. The number of rotatable bonds is 5. The Hall–Kier alpha value is -3.87. The number of anilines is 1. The van der Waals surface area contributed by atoms with Crippen molar-refractivity contribution in [2.24, 2.45) is 0 Å². The molecule has 1 aromatic heterocycles. The number of pyridine rings is 1. The molecule has 31 heavy (non-hydrogen) atoms. The zero-order valence-electron chi connectivity index (χ0n) is 17.3. The second-order valence-electron chi connectivity index (χ2n) is 7.19. The second kappa shape index (κ2) is 8.47. The van der Waals surface area contributed by atoms with E-state index in [4.69, 9.17) is 9.47 Å². The zero-order chi connectivity index (χ0) is 22.0. The number of fused-ring (bicyclic) bond motifs is 1. The van der Waals surface area contributed by atoms with E-state index >= 15 is 0 Å². The molecule has 0 atom stereocenters. The number of methoxy groups -OCH3 is 2. The number of ketones is 1. The molecule has 1 amide bonds. The van der Waals surface area contributed by atoms with E-state index in [1.807, 2.05) is 18.2 Å². The first-order chi connectivity index (χ1) is 15.0. The van der Waals surface area contributed by atoms with Crippen LogP contribution < -0.4 is 20.3 Å². The molecule has 0 fully saturated rings. The third-order valence-corrected chi connectivity index (χ3v) is 5.33. The molecule has 7 nitrogen and oxygen atoms in total. The Kier molecular flexibility index (Phi) is 5.58. The van der Waals surface area contributed by atoms with Gasteiger partial charge in [-0.3, -0.25) is 19.0 Å². The summed E-state index contributed by atoms with van der Waals surface area (Å²) in [5.74, 6) is 0.256. The topological polar surface area (TPSA) is 86.6 Å². The van der Waals surface area contributed by atoms with Crippen LogP contribution in [0.4, 0.5) is 5.69 Å². The third kappa shape index (κ3) is 3.82. The first-order valence-electron chi connectivity index (χ1n) is 9.94. The Morgan fingerprint density at radius 3 is 2.45 bits per heavy atom. The summed E-state index contributed by atoms with van der Waals surface area (Å²) in [7, 11) is 3.00. The second-order valence-corrected chi connectivity index (χ2v) is 7.19. The Morgan fingerprint density at radius 2 is 1.74 bits per heavy atom. The van der Waals surface area contributed by atoms with Gasteiger partial charge in [-0.05, 0) is 43.2 Å². The van der Waals surface area contributed by atoms with Crippen LogP contribution in [0.25, 0.3) is 5.69 Å². The fourth-order valence-electron chi connectivity index (χ4n) is 3.81. The van der Waals surface area contributed by atoms with Gasteiger partial charge < -0.3 is 14.8 Å². The first kappa shape index (κ1) is 20.4. The number of nitrogens with zero attached hydrogens (tertiary/aromatic N) is 1. The fourth-order valence-corrected chi connectivity index (χ4v) is 3.81. The maximum atomic E-state index is 13.4. The van der Waals surface area contributed by atoms with E-state index in [0.717, 1.165) is 0 Å². The van der Waals surface area contributed by atoms with E-state index in [1.54, 1.807) is 30.3 Å². The normalized spacial score (nSPS) is 12.8. The van der Waals surface area contributed by atoms with Crippen LogP contribution in [0, 0.1) is 0 Å². The molecular formula is C24H22N2O5. The Morgan fingerprint density at radius 1 is 0.968 bits per heavy atom. The SMILES string of the molecule is COc1ccc(OC)c(NC(=O)c2cc3c(n(-c4ccccc4)c2=O)CCCC3=O)c1. The summed E-state index contributed by atoms with van der Waals surface area (Å²) in [5, 5.41) is 2.73. The highest BCUT2D eigenvalue weighted by molar-refractivity contribution is 6.07. The summed E-state index contributed by atoms with van der Waals surface area (Å²) >= 11 is 0. The van der Waals surface area contributed by atoms with Crippen molar-refractivity contribution in [2.45, 2.75) is 19.3 Å². The minimum absolute atomic E-state index is 0.0704. The van der Waals surface area contributed by atoms with E-state index in [9.17, 15) is 14.4 Å². The maximum absolute atomic E-state index is 13.4. The monoisotopic (exact) mass is 418 g/mol. The number of amides is 1. The van der Waals surface area contributed by atoms with Crippen molar-refractivity contribution in [3.63, 3.8) is 0 Å². The van der Waals surface area contributed by atoms with Crippen LogP contribution in [-0.2, 0) is 6.42 Å². The quantitative estimate of drug-likeness (QED) is 0.684. The summed E-state index contributed by atoms with van der Waals surface area (Å²) in [6.45, 7) is 0. The minimum Gasteiger partial charge on any atom is -0.497 e. The molecular weight excluding hydrogens is 396 g/mol. The van der Waals surface area contributed by atoms with Crippen molar-refractivity contribution in [1.82, 2.24) is 4.57 Å². The van der Waals surface area contributed by atoms with Crippen molar-refractivity contribution < 1.29 is 19.1 Å². The predicted molar refractivity (Wildman–Crippen MR) is 117 cm³/mol. The van der Waals surface area contributed by atoms with Crippen LogP contribution >= 0.6 is 0 Å². The lowest BCUT2D eigenvalue weighted by molar-refractivity contribution is 0.0971. The number of carbonyl (C=O) groups is 2. The molecule has 7 heteroatoms. The lowest BCUT2D eigenvalue weighted by Crippen LogP contribution is -2.33. The third-order valence-electron chi connectivity index (χ3n) is 5.33. The van der Waals surface area contributed by atoms with Gasteiger partial charge in [-0.15, -0.1) is 0 Å². The van der Waals surface area contributed by atoms with Crippen LogP contribution in [0.2, 0.25) is 0 Å². The Balaban J connectivity index is 1.84. The number of aromatic nitrogens is 1. The van der Waals surface area contributed by atoms with E-state index in [1.165, 1.54) is 24.9 Å². The number of nitrogens with one attached hydrogen (secondary N) is 1. The smallest absolute Gasteiger partial charge is 0.268 e. The van der Waals surface area contributed by atoms with Gasteiger partial charge in [-0.25, -0.2) is 0 Å². The molecule has 4 rings (SSSR count). The molecule has 0 bridgehead atoms. The molecule has 3 aromatic rings. The molecule has 1 heterocycles. The van der Waals surface area contributed by atoms with Gasteiger partial charge in [-0.1, -0.05) is 18.2 Å². The highest BCUT2D eigenvalue weighted by Crippen LogP contribution is 2.30. The van der Waals surface area contributed by atoms with Gasteiger partial charge in [0.25, 0.3) is 11.5 Å². The van der Waals surface area contributed by atoms with Gasteiger partial charge in [0, 0.05) is 29.4 Å². The molecule has 0 aliphatic heterocycles. The molecule has 1 N–H and O–H groups in total. The summed E-state index contributed by atoms with van der Waals surface area (Å²) in [5.41, 5.74) is 1.45. The molecule has 0 radical (unpaired) electrons. The zero-order valence-corrected chi connectivity index (χ0v) is 17.3. The number of hydrogen-bond acceptors (Lipinski definition) is 5. The van der Waals surface area contributed by atoms with Gasteiger partial charge in [-0.2, -0.15) is 0 Å². The number of Topliss-reactive ketones (excluding diaryl/α,β-unsaturated/α-hetero) is 1. The van der Waals surface area contributed by atoms with E-state index in [2.05, 4.69) is 5.32 Å². The van der Waals surface area contributed by atoms with Crippen LogP contribution in [0.1, 0.15) is 39.3 Å². The van der Waals surface area contributed by atoms with Gasteiger partial charge in [0.1, 0.15) is 17.1 Å². The maximum Gasteiger partial charge on any atom is 0.268 e. The molecule has 0 saturated heterocycles. The average molecular weight is 418 g/mol. The van der Waals surface area contributed by atoms with E-state index < -0.39 is 11.5 Å². The summed E-state index contributed by atoms with van der Waals surface area (Å²) < 4.78 is 12.0. The van der Waals surface area contributed by atoms with Gasteiger partial charge in [0.05, 0.1) is 19.9 Å². The Bertz CT molecular complexity index is 1210. The fraction of sp³-hybridized carbons (Fsp3) is 0.208. The molecule has 1 aliphatic rings. The lowest BCUT2D eigenvalue weighted by atomic mass is 9.92. The number of benzene rings is 2. The molecule has 2 aromatic carbocycles. The summed E-state index contributed by atoms with van der Waals surface area (Å²) in [6.07, 6.45) is 1.66. The van der Waals surface area contributed by atoms with Crippen molar-refractivity contribution >= 4 is 17.4 Å². The van der Waals surface area contributed by atoms with Crippen LogP contribution in [-0.4, -0.2) is 30.5 Å². The van der Waals surface area contributed by atoms with Crippen LogP contribution in [0.3, 0.4) is 0 Å². The highest BCUT2D eigenvalue weighted by Gasteiger charge is 2.26. The minimum atomic E-state index is -0.623. The first-order valence-corrected chi connectivity index (χ1v) is 9.94. The van der Waals surface area contributed by atoms with Crippen LogP contribution in [0.5, 0.6) is 11.5 Å². The van der Waals surface area contributed by atoms with Gasteiger partial charge in [0.2, 0.25) is 0 Å². The largest absolute Gasteiger partial charge is 0.497 e. The molecule has 158 valence electrons. The predicted octanol–water partition coefficient (Wildman–Crippen LogP) is 3.63.